The van der Waals surface area contributed by atoms with Crippen LogP contribution >= 0.6 is 11.6 Å². The lowest BCUT2D eigenvalue weighted by Gasteiger charge is -2.29. The number of carbonyl (C=O) groups is 3. The maximum atomic E-state index is 13.2. The highest BCUT2D eigenvalue weighted by Crippen LogP contribution is 2.37. The van der Waals surface area contributed by atoms with E-state index in [1.807, 2.05) is 43.3 Å². The van der Waals surface area contributed by atoms with Gasteiger partial charge in [0, 0.05) is 42.2 Å². The van der Waals surface area contributed by atoms with Crippen molar-refractivity contribution in [1.82, 2.24) is 30.3 Å². The van der Waals surface area contributed by atoms with Gasteiger partial charge in [-0.15, -0.1) is 10.2 Å². The van der Waals surface area contributed by atoms with E-state index in [0.717, 1.165) is 90.5 Å². The molecule has 0 radical (unpaired) electrons. The molecule has 3 N–H and O–H groups in total. The Bertz CT molecular complexity index is 2180. The highest BCUT2D eigenvalue weighted by Gasteiger charge is 2.39. The number of nitrogens with zero attached hydrogens (tertiary/aromatic N) is 4. The zero-order valence-corrected chi connectivity index (χ0v) is 30.5. The SMILES string of the molecule is Cc1nnc2n1-c1ccc(-c3ccc(CNCCCCc4cccc5c4CN(C4CCC(=O)NC4=O)C5=O)cc3)cc1C(Nc1ccc(Cl)cc1)CC2. The Kier molecular flexibility index (Phi) is 9.81. The van der Waals surface area contributed by atoms with Gasteiger partial charge in [-0.25, -0.2) is 0 Å². The lowest BCUT2D eigenvalue weighted by molar-refractivity contribution is -0.136. The van der Waals surface area contributed by atoms with E-state index in [4.69, 9.17) is 11.6 Å². The number of aromatic nitrogens is 3. The van der Waals surface area contributed by atoms with Crippen molar-refractivity contribution in [3.8, 4) is 16.8 Å². The minimum atomic E-state index is -0.592. The van der Waals surface area contributed by atoms with Gasteiger partial charge in [-0.3, -0.25) is 24.3 Å². The van der Waals surface area contributed by atoms with Crippen LogP contribution in [0.25, 0.3) is 16.8 Å². The van der Waals surface area contributed by atoms with Gasteiger partial charge in [0.2, 0.25) is 11.8 Å². The van der Waals surface area contributed by atoms with E-state index in [9.17, 15) is 14.4 Å². The highest BCUT2D eigenvalue weighted by atomic mass is 35.5. The molecule has 3 amide bonds. The number of amides is 3. The fourth-order valence-electron chi connectivity index (χ4n) is 7.92. The molecule has 1 aromatic heterocycles. The maximum Gasteiger partial charge on any atom is 0.255 e. The zero-order valence-electron chi connectivity index (χ0n) is 29.7. The number of benzene rings is 4. The zero-order chi connectivity index (χ0) is 36.5. The second kappa shape index (κ2) is 15.0. The summed E-state index contributed by atoms with van der Waals surface area (Å²) >= 11 is 6.17. The highest BCUT2D eigenvalue weighted by molar-refractivity contribution is 6.30. The fraction of sp³-hybridized carbons (Fsp3) is 0.310. The van der Waals surface area contributed by atoms with Crippen molar-refractivity contribution in [2.24, 2.45) is 0 Å². The number of hydrogen-bond donors (Lipinski definition) is 3. The molecular formula is C42H42ClN7O3. The summed E-state index contributed by atoms with van der Waals surface area (Å²) in [6.07, 6.45) is 5.18. The first-order chi connectivity index (χ1) is 25.8. The number of rotatable bonds is 11. The van der Waals surface area contributed by atoms with Crippen LogP contribution in [-0.4, -0.2) is 50.0 Å². The molecular weight excluding hydrogens is 686 g/mol. The lowest BCUT2D eigenvalue weighted by Crippen LogP contribution is -2.52. The molecule has 3 aliphatic rings. The molecule has 4 aromatic carbocycles. The second-order valence-electron chi connectivity index (χ2n) is 14.2. The quantitative estimate of drug-likeness (QED) is 0.100. The third-order valence-corrected chi connectivity index (χ3v) is 11.0. The smallest absolute Gasteiger partial charge is 0.255 e. The van der Waals surface area contributed by atoms with Crippen molar-refractivity contribution in [2.75, 3.05) is 11.9 Å². The van der Waals surface area contributed by atoms with Crippen LogP contribution in [0.5, 0.6) is 0 Å². The normalized spacial score (nSPS) is 17.9. The molecule has 5 aromatic rings. The predicted molar refractivity (Wildman–Crippen MR) is 205 cm³/mol. The molecule has 270 valence electrons. The first-order valence-electron chi connectivity index (χ1n) is 18.4. The van der Waals surface area contributed by atoms with E-state index < -0.39 is 6.04 Å². The minimum Gasteiger partial charge on any atom is -0.378 e. The minimum absolute atomic E-state index is 0.0912. The molecule has 0 spiro atoms. The van der Waals surface area contributed by atoms with Crippen molar-refractivity contribution in [3.63, 3.8) is 0 Å². The van der Waals surface area contributed by atoms with Crippen LogP contribution in [0.4, 0.5) is 5.69 Å². The van der Waals surface area contributed by atoms with Gasteiger partial charge in [0.1, 0.15) is 17.7 Å². The number of hydrogen-bond acceptors (Lipinski definition) is 7. The maximum absolute atomic E-state index is 13.2. The number of fused-ring (bicyclic) bond motifs is 4. The summed E-state index contributed by atoms with van der Waals surface area (Å²) in [6.45, 7) is 4.09. The Hall–Kier alpha value is -5.32. The van der Waals surface area contributed by atoms with E-state index in [2.05, 4.69) is 79.2 Å². The Morgan fingerprint density at radius 3 is 2.51 bits per heavy atom. The lowest BCUT2D eigenvalue weighted by atomic mass is 9.95. The summed E-state index contributed by atoms with van der Waals surface area (Å²) in [4.78, 5) is 38.9. The van der Waals surface area contributed by atoms with Crippen LogP contribution in [0.3, 0.4) is 0 Å². The number of piperidine rings is 1. The molecule has 3 aliphatic heterocycles. The molecule has 11 heteroatoms. The standard InChI is InChI=1S/C42H42ClN7O3/c1-26-47-48-39-20-17-36(45-32-15-13-31(43)14-16-32)34-23-30(12-18-37(34)50(26)39)28-10-8-27(9-11-28)24-44-22-3-2-5-29-6-4-7-33-35(29)25-49(42(33)53)38-19-21-40(51)46-41(38)52/h4,6-16,18,23,36,38,44-45H,2-3,5,17,19-22,24-25H2,1H3,(H,46,51,52). The van der Waals surface area contributed by atoms with Crippen LogP contribution in [0.1, 0.15) is 82.4 Å². The molecule has 53 heavy (non-hydrogen) atoms. The Morgan fingerprint density at radius 1 is 0.887 bits per heavy atom. The Labute approximate surface area is 314 Å². The third-order valence-electron chi connectivity index (χ3n) is 10.7. The summed E-state index contributed by atoms with van der Waals surface area (Å²) in [5, 5.41) is 19.3. The van der Waals surface area contributed by atoms with Gasteiger partial charge in [0.15, 0.2) is 0 Å². The molecule has 2 unspecified atom stereocenters. The van der Waals surface area contributed by atoms with Crippen LogP contribution in [0.2, 0.25) is 5.02 Å². The summed E-state index contributed by atoms with van der Waals surface area (Å²) in [5.74, 6) is 1.09. The second-order valence-corrected chi connectivity index (χ2v) is 14.6. The topological polar surface area (TPSA) is 121 Å². The monoisotopic (exact) mass is 727 g/mol. The molecule has 0 aliphatic carbocycles. The Balaban J connectivity index is 0.869. The van der Waals surface area contributed by atoms with Gasteiger partial charge in [-0.1, -0.05) is 54.1 Å². The first-order valence-corrected chi connectivity index (χ1v) is 18.8. The molecule has 8 rings (SSSR count). The van der Waals surface area contributed by atoms with Gasteiger partial charge in [0.25, 0.3) is 5.91 Å². The van der Waals surface area contributed by atoms with E-state index in [-0.39, 0.29) is 30.2 Å². The number of imide groups is 1. The van der Waals surface area contributed by atoms with E-state index >= 15 is 0 Å². The molecule has 0 saturated carbocycles. The van der Waals surface area contributed by atoms with E-state index in [1.165, 1.54) is 11.1 Å². The number of carbonyl (C=O) groups excluding carboxylic acids is 3. The summed E-state index contributed by atoms with van der Waals surface area (Å²) < 4.78 is 2.18. The van der Waals surface area contributed by atoms with Crippen LogP contribution < -0.4 is 16.0 Å². The van der Waals surface area contributed by atoms with Gasteiger partial charge in [-0.2, -0.15) is 0 Å². The van der Waals surface area contributed by atoms with Gasteiger partial charge in [-0.05, 0) is 121 Å². The average molecular weight is 728 g/mol. The first kappa shape index (κ1) is 34.7. The van der Waals surface area contributed by atoms with Gasteiger partial charge in [0.05, 0.1) is 11.7 Å². The summed E-state index contributed by atoms with van der Waals surface area (Å²) in [6, 6.07) is 28.7. The van der Waals surface area contributed by atoms with Crippen molar-refractivity contribution < 1.29 is 14.4 Å². The van der Waals surface area contributed by atoms with Crippen molar-refractivity contribution in [2.45, 2.75) is 77.0 Å². The largest absolute Gasteiger partial charge is 0.378 e. The molecule has 10 nitrogen and oxygen atoms in total. The number of nitrogens with one attached hydrogen (secondary N) is 3. The third kappa shape index (κ3) is 7.21. The van der Waals surface area contributed by atoms with E-state index in [1.54, 1.807) is 4.90 Å². The number of halogens is 1. The van der Waals surface area contributed by atoms with Gasteiger partial charge >= 0.3 is 0 Å². The molecule has 4 heterocycles. The number of anilines is 1. The molecule has 2 atom stereocenters. The molecule has 0 bridgehead atoms. The van der Waals surface area contributed by atoms with Crippen molar-refractivity contribution in [1.29, 1.82) is 0 Å². The van der Waals surface area contributed by atoms with Crippen molar-refractivity contribution in [3.05, 3.63) is 129 Å². The average Bonchev–Trinajstić information content (AvgIpc) is 3.65. The summed E-state index contributed by atoms with van der Waals surface area (Å²) in [7, 11) is 0. The Morgan fingerprint density at radius 2 is 1.70 bits per heavy atom. The predicted octanol–water partition coefficient (Wildman–Crippen LogP) is 6.87. The fourth-order valence-corrected chi connectivity index (χ4v) is 8.05. The van der Waals surface area contributed by atoms with Gasteiger partial charge < -0.3 is 15.5 Å². The van der Waals surface area contributed by atoms with Crippen LogP contribution in [0.15, 0.2) is 84.9 Å². The van der Waals surface area contributed by atoms with Crippen LogP contribution in [0, 0.1) is 6.92 Å². The number of aryl methyl sites for hydroxylation is 3. The molecule has 1 saturated heterocycles. The number of unbranched alkanes of at least 4 members (excludes halogenated alkanes) is 1. The summed E-state index contributed by atoms with van der Waals surface area (Å²) in [5.41, 5.74) is 9.74. The van der Waals surface area contributed by atoms with E-state index in [0.29, 0.717) is 23.6 Å². The van der Waals surface area contributed by atoms with Crippen molar-refractivity contribution >= 4 is 35.0 Å². The molecule has 1 fully saturated rings. The van der Waals surface area contributed by atoms with Crippen LogP contribution in [-0.2, 0) is 35.5 Å².